The molecule has 0 spiro atoms. The van der Waals surface area contributed by atoms with E-state index in [1.54, 1.807) is 0 Å². The SMILES string of the molecule is CC(=O)C#CC1C(O)CC(OC2CCCCO2)C1C=CC(COc1ccccc1C)OC1CCCCO1. The van der Waals surface area contributed by atoms with Gasteiger partial charge in [-0.2, -0.15) is 0 Å². The molecule has 0 bridgehead atoms. The largest absolute Gasteiger partial charge is 0.490 e. The molecule has 3 fully saturated rings. The third kappa shape index (κ3) is 8.39. The zero-order valence-electron chi connectivity index (χ0n) is 22.0. The van der Waals surface area contributed by atoms with E-state index in [9.17, 15) is 9.90 Å². The molecule has 1 saturated carbocycles. The monoisotopic (exact) mass is 512 g/mol. The van der Waals surface area contributed by atoms with Gasteiger partial charge in [0.25, 0.3) is 0 Å². The molecule has 7 atom stereocenters. The van der Waals surface area contributed by atoms with E-state index in [2.05, 4.69) is 11.8 Å². The molecule has 0 radical (unpaired) electrons. The van der Waals surface area contributed by atoms with E-state index in [4.69, 9.17) is 23.7 Å². The van der Waals surface area contributed by atoms with Crippen LogP contribution in [0.1, 0.15) is 57.4 Å². The van der Waals surface area contributed by atoms with Gasteiger partial charge < -0.3 is 28.8 Å². The Morgan fingerprint density at radius 1 is 1.14 bits per heavy atom. The van der Waals surface area contributed by atoms with Gasteiger partial charge in [-0.3, -0.25) is 4.79 Å². The summed E-state index contributed by atoms with van der Waals surface area (Å²) in [4.78, 5) is 11.6. The van der Waals surface area contributed by atoms with Gasteiger partial charge >= 0.3 is 0 Å². The molecule has 37 heavy (non-hydrogen) atoms. The van der Waals surface area contributed by atoms with Crippen molar-refractivity contribution in [1.29, 1.82) is 0 Å². The Bertz CT molecular complexity index is 952. The summed E-state index contributed by atoms with van der Waals surface area (Å²) < 4.78 is 30.4. The van der Waals surface area contributed by atoms with E-state index in [0.717, 1.165) is 49.8 Å². The summed E-state index contributed by atoms with van der Waals surface area (Å²) in [5, 5.41) is 10.8. The molecular formula is C30H40O7. The summed E-state index contributed by atoms with van der Waals surface area (Å²) in [5.74, 6) is 5.58. The first-order valence-electron chi connectivity index (χ1n) is 13.6. The van der Waals surface area contributed by atoms with E-state index < -0.39 is 12.0 Å². The van der Waals surface area contributed by atoms with E-state index in [-0.39, 0.29) is 36.5 Å². The summed E-state index contributed by atoms with van der Waals surface area (Å²) >= 11 is 0. The van der Waals surface area contributed by atoms with Gasteiger partial charge in [-0.25, -0.2) is 0 Å². The van der Waals surface area contributed by atoms with Crippen LogP contribution < -0.4 is 4.74 Å². The molecule has 7 nitrogen and oxygen atoms in total. The van der Waals surface area contributed by atoms with E-state index in [0.29, 0.717) is 26.2 Å². The molecule has 2 saturated heterocycles. The smallest absolute Gasteiger partial charge is 0.202 e. The van der Waals surface area contributed by atoms with Crippen molar-refractivity contribution < 1.29 is 33.6 Å². The normalized spacial score (nSPS) is 31.0. The molecule has 0 aromatic heterocycles. The fraction of sp³-hybridized carbons (Fsp3) is 0.633. The minimum absolute atomic E-state index is 0.218. The van der Waals surface area contributed by atoms with E-state index in [1.165, 1.54) is 6.92 Å². The fourth-order valence-electron chi connectivity index (χ4n) is 5.11. The molecule has 1 aromatic rings. The number of carbonyl (C=O) groups is 1. The standard InChI is InChI=1S/C30H40O7/c1-21-9-3-4-10-27(21)35-20-23(36-29-11-5-7-17-33-29)14-16-25-24(15-13-22(2)31)26(32)19-28(25)37-30-12-6-8-18-34-30/h3-4,9-10,14,16,23-26,28-30,32H,5-8,11-12,17-20H2,1-2H3. The first kappa shape index (κ1) is 27.8. The highest BCUT2D eigenvalue weighted by molar-refractivity contribution is 5.93. The highest BCUT2D eigenvalue weighted by atomic mass is 16.7. The van der Waals surface area contributed by atoms with Crippen LogP contribution in [0.3, 0.4) is 0 Å². The van der Waals surface area contributed by atoms with Gasteiger partial charge in [0.15, 0.2) is 12.6 Å². The first-order chi connectivity index (χ1) is 18.0. The molecule has 2 aliphatic heterocycles. The average Bonchev–Trinajstić information content (AvgIpc) is 3.19. The van der Waals surface area contributed by atoms with E-state index >= 15 is 0 Å². The predicted octanol–water partition coefficient (Wildman–Crippen LogP) is 4.34. The Morgan fingerprint density at radius 2 is 1.86 bits per heavy atom. The van der Waals surface area contributed by atoms with Crippen LogP contribution >= 0.6 is 0 Å². The number of rotatable bonds is 9. The third-order valence-corrected chi connectivity index (χ3v) is 7.12. The quantitative estimate of drug-likeness (QED) is 0.299. The number of benzene rings is 1. The van der Waals surface area contributed by atoms with Gasteiger partial charge in [0.05, 0.1) is 18.1 Å². The lowest BCUT2D eigenvalue weighted by Crippen LogP contribution is -2.32. The van der Waals surface area contributed by atoms with Gasteiger partial charge in [-0.15, -0.1) is 0 Å². The summed E-state index contributed by atoms with van der Waals surface area (Å²) in [6, 6.07) is 7.89. The van der Waals surface area contributed by atoms with Crippen molar-refractivity contribution in [3.63, 3.8) is 0 Å². The number of ketones is 1. The molecule has 1 N–H and O–H groups in total. The Balaban J connectivity index is 1.51. The summed E-state index contributed by atoms with van der Waals surface area (Å²) in [5.41, 5.74) is 1.05. The molecule has 1 aromatic carbocycles. The summed E-state index contributed by atoms with van der Waals surface area (Å²) in [6.45, 7) is 5.13. The molecular weight excluding hydrogens is 472 g/mol. The maximum atomic E-state index is 11.6. The van der Waals surface area contributed by atoms with Crippen LogP contribution in [0.2, 0.25) is 0 Å². The average molecular weight is 513 g/mol. The van der Waals surface area contributed by atoms with Crippen molar-refractivity contribution >= 4 is 5.78 Å². The van der Waals surface area contributed by atoms with Crippen molar-refractivity contribution in [1.82, 2.24) is 0 Å². The second kappa shape index (κ2) is 14.1. The number of carbonyl (C=O) groups excluding carboxylic acids is 1. The Kier molecular flexibility index (Phi) is 10.6. The zero-order chi connectivity index (χ0) is 26.0. The number of aliphatic hydroxyl groups excluding tert-OH is 1. The Hall–Kier alpha value is -2.21. The highest BCUT2D eigenvalue weighted by Crippen LogP contribution is 2.37. The Labute approximate surface area is 220 Å². The lowest BCUT2D eigenvalue weighted by Gasteiger charge is -2.29. The molecule has 1 aliphatic carbocycles. The van der Waals surface area contributed by atoms with Gasteiger partial charge in [0.2, 0.25) is 5.78 Å². The zero-order valence-corrected chi connectivity index (χ0v) is 22.0. The van der Waals surface area contributed by atoms with E-state index in [1.807, 2.05) is 43.3 Å². The Morgan fingerprint density at radius 3 is 2.54 bits per heavy atom. The summed E-state index contributed by atoms with van der Waals surface area (Å²) in [7, 11) is 0. The van der Waals surface area contributed by atoms with Crippen molar-refractivity contribution in [2.24, 2.45) is 11.8 Å². The van der Waals surface area contributed by atoms with Gasteiger partial charge in [-0.05, 0) is 63.0 Å². The van der Waals surface area contributed by atoms with Crippen LogP contribution in [0, 0.1) is 30.6 Å². The van der Waals surface area contributed by atoms with Crippen LogP contribution in [-0.2, 0) is 23.7 Å². The molecule has 7 heteroatoms. The van der Waals surface area contributed by atoms with Crippen molar-refractivity contribution in [3.8, 4) is 17.6 Å². The highest BCUT2D eigenvalue weighted by Gasteiger charge is 2.42. The van der Waals surface area contributed by atoms with Crippen LogP contribution in [0.25, 0.3) is 0 Å². The number of para-hydroxylation sites is 1. The maximum absolute atomic E-state index is 11.6. The number of hydrogen-bond donors (Lipinski definition) is 1. The summed E-state index contributed by atoms with van der Waals surface area (Å²) in [6.07, 6.45) is 8.39. The number of aryl methyl sites for hydroxylation is 1. The maximum Gasteiger partial charge on any atom is 0.202 e. The van der Waals surface area contributed by atoms with Crippen molar-refractivity contribution in [3.05, 3.63) is 42.0 Å². The minimum Gasteiger partial charge on any atom is -0.490 e. The van der Waals surface area contributed by atoms with Crippen LogP contribution in [0.5, 0.6) is 5.75 Å². The van der Waals surface area contributed by atoms with Crippen molar-refractivity contribution in [2.45, 2.75) is 89.7 Å². The number of Topliss-reactive ketones (excluding diaryl/α,β-unsaturated/α-hetero) is 1. The third-order valence-electron chi connectivity index (χ3n) is 7.12. The molecule has 2 heterocycles. The van der Waals surface area contributed by atoms with Gasteiger partial charge in [-0.1, -0.05) is 36.3 Å². The van der Waals surface area contributed by atoms with Crippen LogP contribution in [-0.4, -0.2) is 61.6 Å². The van der Waals surface area contributed by atoms with Crippen molar-refractivity contribution in [2.75, 3.05) is 19.8 Å². The van der Waals surface area contributed by atoms with Crippen LogP contribution in [0.15, 0.2) is 36.4 Å². The first-order valence-corrected chi connectivity index (χ1v) is 13.6. The number of aliphatic hydroxyl groups is 1. The second-order valence-corrected chi connectivity index (χ2v) is 10.1. The van der Waals surface area contributed by atoms with Gasteiger partial charge in [0, 0.05) is 32.5 Å². The second-order valence-electron chi connectivity index (χ2n) is 10.1. The van der Waals surface area contributed by atoms with Gasteiger partial charge in [0.1, 0.15) is 18.5 Å². The molecule has 4 rings (SSSR count). The lowest BCUT2D eigenvalue weighted by molar-refractivity contribution is -0.193. The minimum atomic E-state index is -0.695. The lowest BCUT2D eigenvalue weighted by atomic mass is 9.93. The molecule has 202 valence electrons. The molecule has 7 unspecified atom stereocenters. The predicted molar refractivity (Wildman–Crippen MR) is 139 cm³/mol. The topological polar surface area (TPSA) is 83.5 Å². The number of hydrogen-bond acceptors (Lipinski definition) is 7. The molecule has 3 aliphatic rings. The van der Waals surface area contributed by atoms with Crippen LogP contribution in [0.4, 0.5) is 0 Å². The molecule has 0 amide bonds. The fourth-order valence-corrected chi connectivity index (χ4v) is 5.11. The number of ether oxygens (including phenoxy) is 5.